The van der Waals surface area contributed by atoms with Gasteiger partial charge in [-0.2, -0.15) is 0 Å². The van der Waals surface area contributed by atoms with E-state index >= 15 is 0 Å². The maximum absolute atomic E-state index is 12.7. The first-order valence-corrected chi connectivity index (χ1v) is 9.64. The highest BCUT2D eigenvalue weighted by Crippen LogP contribution is 2.28. The number of benzene rings is 1. The fourth-order valence-corrected chi connectivity index (χ4v) is 4.06. The van der Waals surface area contributed by atoms with Gasteiger partial charge in [-0.1, -0.05) is 12.1 Å². The lowest BCUT2D eigenvalue weighted by Gasteiger charge is -2.29. The molecule has 1 fully saturated rings. The number of amides is 3. The molecule has 0 bridgehead atoms. The van der Waals surface area contributed by atoms with E-state index in [-0.39, 0.29) is 18.2 Å². The molecule has 1 saturated heterocycles. The van der Waals surface area contributed by atoms with Crippen molar-refractivity contribution < 1.29 is 14.4 Å². The van der Waals surface area contributed by atoms with Crippen LogP contribution in [0.1, 0.15) is 45.6 Å². The molecule has 1 atom stereocenters. The second-order valence-corrected chi connectivity index (χ2v) is 7.51. The standard InChI is InChI=1S/C20H20N6O3/c27-17-4-3-16(18(28)25-17)26-10-12-5-11(1-2-14(12)19(26)29)6-22-20-23-8-13-7-21-9-15(13)24-20/h1-2,5,8,16,21H,3-4,6-7,9-10H2,(H,22,23,24)(H,25,27,28). The summed E-state index contributed by atoms with van der Waals surface area (Å²) in [4.78, 5) is 46.7. The molecule has 4 heterocycles. The number of carbonyl (C=O) groups is 3. The molecule has 1 aromatic heterocycles. The number of rotatable bonds is 4. The Morgan fingerprint density at radius 1 is 1.17 bits per heavy atom. The van der Waals surface area contributed by atoms with Gasteiger partial charge in [-0.15, -0.1) is 0 Å². The van der Waals surface area contributed by atoms with Gasteiger partial charge < -0.3 is 15.5 Å². The Labute approximate surface area is 166 Å². The minimum atomic E-state index is -0.595. The summed E-state index contributed by atoms with van der Waals surface area (Å²) in [6, 6.07) is 5.07. The molecule has 9 nitrogen and oxygen atoms in total. The van der Waals surface area contributed by atoms with Crippen molar-refractivity contribution in [3.63, 3.8) is 0 Å². The summed E-state index contributed by atoms with van der Waals surface area (Å²) in [5.74, 6) is -0.265. The summed E-state index contributed by atoms with van der Waals surface area (Å²) in [5, 5.41) is 8.79. The molecule has 0 radical (unpaired) electrons. The summed E-state index contributed by atoms with van der Waals surface area (Å²) in [6.07, 6.45) is 2.45. The predicted molar refractivity (Wildman–Crippen MR) is 102 cm³/mol. The van der Waals surface area contributed by atoms with Crippen molar-refractivity contribution in [3.8, 4) is 0 Å². The SMILES string of the molecule is O=C1CCC(N2Cc3cc(CNc4ncc5c(n4)CNC5)ccc3C2=O)C(=O)N1. The van der Waals surface area contributed by atoms with Gasteiger partial charge in [0.05, 0.1) is 5.69 Å². The van der Waals surface area contributed by atoms with Crippen molar-refractivity contribution in [1.29, 1.82) is 0 Å². The third-order valence-electron chi connectivity index (χ3n) is 5.60. The molecule has 3 amide bonds. The van der Waals surface area contributed by atoms with Gasteiger partial charge in [-0.25, -0.2) is 9.97 Å². The fraction of sp³-hybridized carbons (Fsp3) is 0.350. The van der Waals surface area contributed by atoms with E-state index in [2.05, 4.69) is 25.9 Å². The van der Waals surface area contributed by atoms with Crippen LogP contribution in [-0.2, 0) is 35.8 Å². The number of hydrogen-bond acceptors (Lipinski definition) is 7. The minimum Gasteiger partial charge on any atom is -0.350 e. The van der Waals surface area contributed by atoms with Crippen molar-refractivity contribution in [3.05, 3.63) is 52.3 Å². The molecule has 5 rings (SSSR count). The van der Waals surface area contributed by atoms with E-state index < -0.39 is 11.9 Å². The number of aromatic nitrogens is 2. The molecule has 0 saturated carbocycles. The van der Waals surface area contributed by atoms with Gasteiger partial charge >= 0.3 is 0 Å². The van der Waals surface area contributed by atoms with Gasteiger partial charge in [0.2, 0.25) is 17.8 Å². The number of nitrogens with zero attached hydrogens (tertiary/aromatic N) is 3. The van der Waals surface area contributed by atoms with E-state index in [1.54, 1.807) is 11.0 Å². The van der Waals surface area contributed by atoms with E-state index in [1.165, 1.54) is 0 Å². The molecule has 1 unspecified atom stereocenters. The Bertz CT molecular complexity index is 1040. The van der Waals surface area contributed by atoms with Gasteiger partial charge in [0.1, 0.15) is 6.04 Å². The lowest BCUT2D eigenvalue weighted by Crippen LogP contribution is -2.52. The van der Waals surface area contributed by atoms with Crippen LogP contribution in [0, 0.1) is 0 Å². The quantitative estimate of drug-likeness (QED) is 0.647. The number of anilines is 1. The zero-order valence-electron chi connectivity index (χ0n) is 15.7. The van der Waals surface area contributed by atoms with Crippen LogP contribution in [0.3, 0.4) is 0 Å². The predicted octanol–water partition coefficient (Wildman–Crippen LogP) is 0.453. The molecule has 148 valence electrons. The highest BCUT2D eigenvalue weighted by atomic mass is 16.2. The normalized spacial score (nSPS) is 20.5. The van der Waals surface area contributed by atoms with Crippen molar-refractivity contribution in [1.82, 2.24) is 25.5 Å². The molecular formula is C20H20N6O3. The molecule has 2 aromatic rings. The van der Waals surface area contributed by atoms with Crippen LogP contribution in [0.15, 0.2) is 24.4 Å². The number of imide groups is 1. The van der Waals surface area contributed by atoms with Gasteiger partial charge in [-0.3, -0.25) is 19.7 Å². The van der Waals surface area contributed by atoms with Crippen LogP contribution in [0.4, 0.5) is 5.95 Å². The maximum Gasteiger partial charge on any atom is 0.255 e. The van der Waals surface area contributed by atoms with E-state index in [0.29, 0.717) is 31.0 Å². The van der Waals surface area contributed by atoms with E-state index in [1.807, 2.05) is 18.3 Å². The largest absolute Gasteiger partial charge is 0.350 e. The first-order chi connectivity index (χ1) is 14.1. The summed E-state index contributed by atoms with van der Waals surface area (Å²) >= 11 is 0. The van der Waals surface area contributed by atoms with Crippen molar-refractivity contribution >= 4 is 23.7 Å². The Morgan fingerprint density at radius 3 is 2.93 bits per heavy atom. The molecule has 3 N–H and O–H groups in total. The first kappa shape index (κ1) is 17.7. The maximum atomic E-state index is 12.7. The molecule has 0 spiro atoms. The minimum absolute atomic E-state index is 0.163. The van der Waals surface area contributed by atoms with E-state index in [0.717, 1.165) is 35.5 Å². The van der Waals surface area contributed by atoms with Crippen LogP contribution in [0.5, 0.6) is 0 Å². The topological polar surface area (TPSA) is 116 Å². The fourth-order valence-electron chi connectivity index (χ4n) is 4.06. The molecule has 3 aliphatic rings. The first-order valence-electron chi connectivity index (χ1n) is 9.64. The Kier molecular flexibility index (Phi) is 4.24. The number of carbonyl (C=O) groups excluding carboxylic acids is 3. The second-order valence-electron chi connectivity index (χ2n) is 7.51. The van der Waals surface area contributed by atoms with Crippen LogP contribution >= 0.6 is 0 Å². The van der Waals surface area contributed by atoms with Crippen molar-refractivity contribution in [2.75, 3.05) is 5.32 Å². The van der Waals surface area contributed by atoms with E-state index in [9.17, 15) is 14.4 Å². The Balaban J connectivity index is 1.28. The van der Waals surface area contributed by atoms with Gasteiger partial charge in [-0.05, 0) is 23.6 Å². The molecule has 29 heavy (non-hydrogen) atoms. The zero-order valence-corrected chi connectivity index (χ0v) is 15.7. The van der Waals surface area contributed by atoms with Crippen LogP contribution in [0.25, 0.3) is 0 Å². The smallest absolute Gasteiger partial charge is 0.255 e. The average Bonchev–Trinajstić information content (AvgIpc) is 3.30. The lowest BCUT2D eigenvalue weighted by atomic mass is 10.0. The number of nitrogens with one attached hydrogen (secondary N) is 3. The third-order valence-corrected chi connectivity index (χ3v) is 5.60. The molecule has 9 heteroatoms. The van der Waals surface area contributed by atoms with Gasteiger partial charge in [0, 0.05) is 49.9 Å². The summed E-state index contributed by atoms with van der Waals surface area (Å²) in [7, 11) is 0. The highest BCUT2D eigenvalue weighted by molar-refractivity contribution is 6.05. The monoisotopic (exact) mass is 392 g/mol. The summed E-state index contributed by atoms with van der Waals surface area (Å²) < 4.78 is 0. The Morgan fingerprint density at radius 2 is 2.07 bits per heavy atom. The lowest BCUT2D eigenvalue weighted by molar-refractivity contribution is -0.136. The average molecular weight is 392 g/mol. The van der Waals surface area contributed by atoms with E-state index in [4.69, 9.17) is 0 Å². The van der Waals surface area contributed by atoms with Gasteiger partial charge in [0.15, 0.2) is 0 Å². The van der Waals surface area contributed by atoms with Crippen LogP contribution in [0.2, 0.25) is 0 Å². The zero-order chi connectivity index (χ0) is 20.0. The van der Waals surface area contributed by atoms with Crippen LogP contribution in [-0.4, -0.2) is 38.6 Å². The number of hydrogen-bond donors (Lipinski definition) is 3. The summed E-state index contributed by atoms with van der Waals surface area (Å²) in [5.41, 5.74) is 4.64. The van der Waals surface area contributed by atoms with Crippen molar-refractivity contribution in [2.45, 2.75) is 45.1 Å². The Hall–Kier alpha value is -3.33. The molecule has 3 aliphatic heterocycles. The van der Waals surface area contributed by atoms with Crippen molar-refractivity contribution in [2.24, 2.45) is 0 Å². The number of piperidine rings is 1. The molecule has 0 aliphatic carbocycles. The van der Waals surface area contributed by atoms with Gasteiger partial charge in [0.25, 0.3) is 5.91 Å². The third kappa shape index (κ3) is 3.23. The number of fused-ring (bicyclic) bond motifs is 2. The van der Waals surface area contributed by atoms with Crippen LogP contribution < -0.4 is 16.0 Å². The molecule has 1 aromatic carbocycles. The second kappa shape index (κ2) is 6.93. The molecular weight excluding hydrogens is 372 g/mol. The summed E-state index contributed by atoms with van der Waals surface area (Å²) in [6.45, 7) is 2.46. The highest BCUT2D eigenvalue weighted by Gasteiger charge is 2.39.